The minimum absolute atomic E-state index is 0.00512. The fourth-order valence-electron chi connectivity index (χ4n) is 2.02. The summed E-state index contributed by atoms with van der Waals surface area (Å²) >= 11 is 0. The van der Waals surface area contributed by atoms with Crippen LogP contribution >= 0.6 is 0 Å². The molecule has 1 fully saturated rings. The maximum absolute atomic E-state index is 12.4. The standard InChI is InChI=1S/C13H12F3NO3/c14-13(15,16)9-4-2-8(3-5-9)10(18)17-12(11(19)20)6-1-7-12/h2-5H,1,6-7H2,(H,17,18)(H,19,20). The topological polar surface area (TPSA) is 66.4 Å². The summed E-state index contributed by atoms with van der Waals surface area (Å²) in [7, 11) is 0. The minimum Gasteiger partial charge on any atom is -0.480 e. The number of alkyl halides is 3. The van der Waals surface area contributed by atoms with Crippen LogP contribution < -0.4 is 5.32 Å². The van der Waals surface area contributed by atoms with Gasteiger partial charge < -0.3 is 10.4 Å². The molecule has 20 heavy (non-hydrogen) atoms. The lowest BCUT2D eigenvalue weighted by Gasteiger charge is -2.38. The molecule has 1 aromatic rings. The van der Waals surface area contributed by atoms with Crippen LogP contribution in [-0.2, 0) is 11.0 Å². The van der Waals surface area contributed by atoms with Crippen LogP contribution in [0.5, 0.6) is 0 Å². The van der Waals surface area contributed by atoms with Crippen molar-refractivity contribution in [3.63, 3.8) is 0 Å². The van der Waals surface area contributed by atoms with E-state index in [1.807, 2.05) is 0 Å². The Balaban J connectivity index is 2.12. The fourth-order valence-corrected chi connectivity index (χ4v) is 2.02. The number of halogens is 3. The Kier molecular flexibility index (Phi) is 3.45. The highest BCUT2D eigenvalue weighted by molar-refractivity contribution is 5.98. The number of hydrogen-bond donors (Lipinski definition) is 2. The maximum Gasteiger partial charge on any atom is 0.416 e. The normalized spacial score (nSPS) is 17.1. The van der Waals surface area contributed by atoms with Crippen LogP contribution in [0, 0.1) is 0 Å². The van der Waals surface area contributed by atoms with E-state index < -0.39 is 29.2 Å². The third kappa shape index (κ3) is 2.61. The number of aliphatic carboxylic acids is 1. The first-order valence-corrected chi connectivity index (χ1v) is 5.98. The number of hydrogen-bond acceptors (Lipinski definition) is 2. The largest absolute Gasteiger partial charge is 0.480 e. The predicted octanol–water partition coefficient (Wildman–Crippen LogP) is 2.44. The molecule has 1 aliphatic rings. The number of benzene rings is 1. The van der Waals surface area contributed by atoms with Crippen molar-refractivity contribution in [3.8, 4) is 0 Å². The van der Waals surface area contributed by atoms with Gasteiger partial charge in [-0.25, -0.2) is 4.79 Å². The molecule has 0 bridgehead atoms. The van der Waals surface area contributed by atoms with Crippen LogP contribution in [0.4, 0.5) is 13.2 Å². The van der Waals surface area contributed by atoms with Gasteiger partial charge in [-0.15, -0.1) is 0 Å². The Bertz CT molecular complexity index is 533. The van der Waals surface area contributed by atoms with E-state index >= 15 is 0 Å². The van der Waals surface area contributed by atoms with Gasteiger partial charge >= 0.3 is 12.1 Å². The number of carboxylic acids is 1. The molecule has 7 heteroatoms. The third-order valence-electron chi connectivity index (χ3n) is 3.44. The zero-order valence-corrected chi connectivity index (χ0v) is 10.3. The number of amides is 1. The summed E-state index contributed by atoms with van der Waals surface area (Å²) in [5.41, 5.74) is -2.13. The van der Waals surface area contributed by atoms with Crippen molar-refractivity contribution in [2.75, 3.05) is 0 Å². The van der Waals surface area contributed by atoms with Gasteiger partial charge in [-0.05, 0) is 43.5 Å². The van der Waals surface area contributed by atoms with E-state index in [0.29, 0.717) is 19.3 Å². The average molecular weight is 287 g/mol. The van der Waals surface area contributed by atoms with Crippen molar-refractivity contribution < 1.29 is 27.9 Å². The molecule has 1 saturated carbocycles. The number of nitrogens with one attached hydrogen (secondary N) is 1. The van der Waals surface area contributed by atoms with Crippen LogP contribution in [-0.4, -0.2) is 22.5 Å². The van der Waals surface area contributed by atoms with Crippen molar-refractivity contribution in [2.24, 2.45) is 0 Å². The van der Waals surface area contributed by atoms with Crippen LogP contribution in [0.3, 0.4) is 0 Å². The molecule has 4 nitrogen and oxygen atoms in total. The fraction of sp³-hybridized carbons (Fsp3) is 0.385. The highest BCUT2D eigenvalue weighted by Gasteiger charge is 2.45. The summed E-state index contributed by atoms with van der Waals surface area (Å²) in [6.07, 6.45) is -3.12. The first-order chi connectivity index (χ1) is 9.24. The molecule has 1 aliphatic carbocycles. The average Bonchev–Trinajstić information content (AvgIpc) is 2.32. The van der Waals surface area contributed by atoms with Crippen molar-refractivity contribution in [3.05, 3.63) is 35.4 Å². The second-order valence-corrected chi connectivity index (χ2v) is 4.77. The van der Waals surface area contributed by atoms with Crippen LogP contribution in [0.15, 0.2) is 24.3 Å². The molecule has 0 heterocycles. The van der Waals surface area contributed by atoms with Crippen LogP contribution in [0.1, 0.15) is 35.2 Å². The molecule has 1 aromatic carbocycles. The highest BCUT2D eigenvalue weighted by Crippen LogP contribution is 2.33. The van der Waals surface area contributed by atoms with E-state index in [9.17, 15) is 22.8 Å². The molecule has 0 radical (unpaired) electrons. The zero-order chi connectivity index (χ0) is 15.0. The predicted molar refractivity (Wildman–Crippen MR) is 63.1 cm³/mol. The van der Waals surface area contributed by atoms with E-state index in [0.717, 1.165) is 24.3 Å². The summed E-state index contributed by atoms with van der Waals surface area (Å²) in [4.78, 5) is 23.0. The van der Waals surface area contributed by atoms with Gasteiger partial charge in [-0.3, -0.25) is 4.79 Å². The molecular weight excluding hydrogens is 275 g/mol. The second kappa shape index (κ2) is 4.81. The van der Waals surface area contributed by atoms with Gasteiger partial charge in [0, 0.05) is 5.56 Å². The monoisotopic (exact) mass is 287 g/mol. The molecule has 2 rings (SSSR count). The van der Waals surface area contributed by atoms with Crippen molar-refractivity contribution in [2.45, 2.75) is 31.0 Å². The van der Waals surface area contributed by atoms with Crippen LogP contribution in [0.2, 0.25) is 0 Å². The third-order valence-corrected chi connectivity index (χ3v) is 3.44. The Morgan fingerprint density at radius 1 is 1.15 bits per heavy atom. The summed E-state index contributed by atoms with van der Waals surface area (Å²) in [5, 5.41) is 11.5. The van der Waals surface area contributed by atoms with Crippen LogP contribution in [0.25, 0.3) is 0 Å². The molecule has 0 aliphatic heterocycles. The number of carbonyl (C=O) groups excluding carboxylic acids is 1. The highest BCUT2D eigenvalue weighted by atomic mass is 19.4. The van der Waals surface area contributed by atoms with E-state index in [2.05, 4.69) is 5.32 Å². The maximum atomic E-state index is 12.4. The van der Waals surface area contributed by atoms with Gasteiger partial charge in [0.2, 0.25) is 0 Å². The van der Waals surface area contributed by atoms with Crippen molar-refractivity contribution in [1.82, 2.24) is 5.32 Å². The number of carbonyl (C=O) groups is 2. The molecule has 0 spiro atoms. The summed E-state index contributed by atoms with van der Waals surface area (Å²) in [5.74, 6) is -1.80. The lowest BCUT2D eigenvalue weighted by atomic mass is 9.76. The van der Waals surface area contributed by atoms with Gasteiger partial charge in [0.25, 0.3) is 5.91 Å². The molecule has 0 unspecified atom stereocenters. The van der Waals surface area contributed by atoms with E-state index in [4.69, 9.17) is 5.11 Å². The lowest BCUT2D eigenvalue weighted by Crippen LogP contribution is -2.59. The summed E-state index contributed by atoms with van der Waals surface area (Å²) in [6, 6.07) is 3.66. The smallest absolute Gasteiger partial charge is 0.416 e. The lowest BCUT2D eigenvalue weighted by molar-refractivity contribution is -0.148. The molecular formula is C13H12F3NO3. The Morgan fingerprint density at radius 2 is 1.70 bits per heavy atom. The van der Waals surface area contributed by atoms with Gasteiger partial charge in [-0.2, -0.15) is 13.2 Å². The Morgan fingerprint density at radius 3 is 2.05 bits per heavy atom. The molecule has 0 atom stereocenters. The molecule has 2 N–H and O–H groups in total. The minimum atomic E-state index is -4.47. The first-order valence-electron chi connectivity index (χ1n) is 5.98. The van der Waals surface area contributed by atoms with E-state index in [1.165, 1.54) is 0 Å². The van der Waals surface area contributed by atoms with Crippen molar-refractivity contribution in [1.29, 1.82) is 0 Å². The first kappa shape index (κ1) is 14.4. The van der Waals surface area contributed by atoms with Gasteiger partial charge in [0.1, 0.15) is 5.54 Å². The van der Waals surface area contributed by atoms with Crippen molar-refractivity contribution >= 4 is 11.9 Å². The van der Waals surface area contributed by atoms with Gasteiger partial charge in [0.15, 0.2) is 0 Å². The second-order valence-electron chi connectivity index (χ2n) is 4.77. The van der Waals surface area contributed by atoms with Gasteiger partial charge in [-0.1, -0.05) is 0 Å². The SMILES string of the molecule is O=C(NC1(C(=O)O)CCC1)c1ccc(C(F)(F)F)cc1. The van der Waals surface area contributed by atoms with Gasteiger partial charge in [0.05, 0.1) is 5.56 Å². The number of carboxylic acid groups (broad SMARTS) is 1. The molecule has 108 valence electrons. The molecule has 0 aromatic heterocycles. The molecule has 1 amide bonds. The Hall–Kier alpha value is -2.05. The Labute approximate surface area is 112 Å². The summed E-state index contributed by atoms with van der Waals surface area (Å²) < 4.78 is 37.1. The van der Waals surface area contributed by atoms with E-state index in [1.54, 1.807) is 0 Å². The van der Waals surface area contributed by atoms with E-state index in [-0.39, 0.29) is 5.56 Å². The molecule has 0 saturated heterocycles. The quantitative estimate of drug-likeness (QED) is 0.897. The summed E-state index contributed by atoms with van der Waals surface area (Å²) in [6.45, 7) is 0. The zero-order valence-electron chi connectivity index (χ0n) is 10.3. The number of rotatable bonds is 3.